The number of ether oxygens (including phenoxy) is 1. The van der Waals surface area contributed by atoms with Gasteiger partial charge in [0.2, 0.25) is 0 Å². The molecule has 0 radical (unpaired) electrons. The molecule has 0 aliphatic heterocycles. The smallest absolute Gasteiger partial charge is 0.339 e. The minimum atomic E-state index is -1.05. The molecule has 1 heterocycles. The number of carbonyl (C=O) groups excluding carboxylic acids is 2. The number of para-hydroxylation sites is 2. The van der Waals surface area contributed by atoms with Gasteiger partial charge in [0, 0.05) is 11.3 Å². The van der Waals surface area contributed by atoms with Crippen LogP contribution in [-0.4, -0.2) is 27.9 Å². The Hall–Kier alpha value is -4.00. The van der Waals surface area contributed by atoms with Crippen LogP contribution in [0.25, 0.3) is 22.4 Å². The van der Waals surface area contributed by atoms with E-state index in [1.807, 2.05) is 24.3 Å². The quantitative estimate of drug-likeness (QED) is 0.479. The van der Waals surface area contributed by atoms with Gasteiger partial charge in [0.1, 0.15) is 11.6 Å². The highest BCUT2D eigenvalue weighted by atomic mass is 19.1. The summed E-state index contributed by atoms with van der Waals surface area (Å²) in [5.41, 5.74) is 2.90. The Morgan fingerprint density at radius 1 is 1.00 bits per heavy atom. The number of imidazole rings is 1. The first-order valence-corrected chi connectivity index (χ1v) is 9.33. The summed E-state index contributed by atoms with van der Waals surface area (Å²) in [7, 11) is 0. The highest BCUT2D eigenvalue weighted by Gasteiger charge is 2.22. The maximum Gasteiger partial charge on any atom is 0.339 e. The zero-order chi connectivity index (χ0) is 21.1. The van der Waals surface area contributed by atoms with Gasteiger partial charge < -0.3 is 15.0 Å². The van der Waals surface area contributed by atoms with Crippen molar-refractivity contribution < 1.29 is 18.7 Å². The number of nitrogens with one attached hydrogen (secondary N) is 2. The second-order valence-electron chi connectivity index (χ2n) is 6.69. The van der Waals surface area contributed by atoms with E-state index in [1.165, 1.54) is 31.2 Å². The molecule has 150 valence electrons. The number of fused-ring (bicyclic) bond motifs is 1. The zero-order valence-corrected chi connectivity index (χ0v) is 16.1. The zero-order valence-electron chi connectivity index (χ0n) is 16.1. The van der Waals surface area contributed by atoms with E-state index in [0.717, 1.165) is 11.0 Å². The van der Waals surface area contributed by atoms with Crippen molar-refractivity contribution in [3.05, 3.63) is 84.2 Å². The second kappa shape index (κ2) is 8.16. The number of rotatable bonds is 5. The van der Waals surface area contributed by atoms with Crippen LogP contribution >= 0.6 is 0 Å². The van der Waals surface area contributed by atoms with E-state index in [2.05, 4.69) is 15.3 Å². The fraction of sp³-hybridized carbons (Fsp3) is 0.0870. The van der Waals surface area contributed by atoms with Crippen LogP contribution in [0.1, 0.15) is 17.3 Å². The molecule has 4 aromatic rings. The second-order valence-corrected chi connectivity index (χ2v) is 6.69. The van der Waals surface area contributed by atoms with Crippen LogP contribution in [-0.2, 0) is 9.53 Å². The van der Waals surface area contributed by atoms with Crippen LogP contribution in [0, 0.1) is 5.82 Å². The number of anilines is 1. The first-order chi connectivity index (χ1) is 14.5. The molecule has 7 heteroatoms. The Balaban J connectivity index is 1.52. The predicted octanol–water partition coefficient (Wildman–Crippen LogP) is 4.55. The lowest BCUT2D eigenvalue weighted by molar-refractivity contribution is -0.123. The van der Waals surface area contributed by atoms with Crippen molar-refractivity contribution in [1.82, 2.24) is 9.97 Å². The Labute approximate surface area is 171 Å². The van der Waals surface area contributed by atoms with Crippen molar-refractivity contribution in [2.75, 3.05) is 5.32 Å². The van der Waals surface area contributed by atoms with Crippen LogP contribution in [0.15, 0.2) is 72.8 Å². The molecule has 4 rings (SSSR count). The first-order valence-electron chi connectivity index (χ1n) is 9.33. The predicted molar refractivity (Wildman–Crippen MR) is 111 cm³/mol. The molecule has 0 fully saturated rings. The van der Waals surface area contributed by atoms with Gasteiger partial charge in [-0.1, -0.05) is 30.3 Å². The maximum atomic E-state index is 13.0. The highest BCUT2D eigenvalue weighted by molar-refractivity contribution is 6.00. The lowest BCUT2D eigenvalue weighted by Crippen LogP contribution is -2.30. The summed E-state index contributed by atoms with van der Waals surface area (Å²) in [6.45, 7) is 1.47. The Morgan fingerprint density at radius 2 is 1.70 bits per heavy atom. The Bertz CT molecular complexity index is 1180. The van der Waals surface area contributed by atoms with Crippen LogP contribution in [0.2, 0.25) is 0 Å². The van der Waals surface area contributed by atoms with E-state index >= 15 is 0 Å². The largest absolute Gasteiger partial charge is 0.449 e. The number of amides is 1. The number of aromatic nitrogens is 2. The SMILES string of the molecule is CC(OC(=O)c1ccccc1-c1nc2ccccc2[nH]1)C(=O)Nc1ccc(F)cc1. The van der Waals surface area contributed by atoms with Crippen molar-refractivity contribution in [3.8, 4) is 11.4 Å². The van der Waals surface area contributed by atoms with E-state index in [0.29, 0.717) is 17.1 Å². The first kappa shape index (κ1) is 19.3. The number of aromatic amines is 1. The third-order valence-electron chi connectivity index (χ3n) is 4.56. The van der Waals surface area contributed by atoms with Crippen molar-refractivity contribution in [1.29, 1.82) is 0 Å². The molecule has 1 atom stereocenters. The number of benzene rings is 3. The van der Waals surface area contributed by atoms with E-state index in [1.54, 1.807) is 24.3 Å². The van der Waals surface area contributed by atoms with Gasteiger partial charge >= 0.3 is 5.97 Å². The van der Waals surface area contributed by atoms with Gasteiger partial charge in [0.25, 0.3) is 5.91 Å². The highest BCUT2D eigenvalue weighted by Crippen LogP contribution is 2.25. The van der Waals surface area contributed by atoms with Crippen LogP contribution in [0.4, 0.5) is 10.1 Å². The molecule has 2 N–H and O–H groups in total. The van der Waals surface area contributed by atoms with Crippen LogP contribution < -0.4 is 5.32 Å². The standard InChI is InChI=1S/C23H18FN3O3/c1-14(22(28)25-16-12-10-15(24)11-13-16)30-23(29)18-7-3-2-6-17(18)21-26-19-8-4-5-9-20(19)27-21/h2-14H,1H3,(H,25,28)(H,26,27). The van der Waals surface area contributed by atoms with E-state index < -0.39 is 23.8 Å². The Kier molecular flexibility index (Phi) is 5.26. The van der Waals surface area contributed by atoms with Crippen molar-refractivity contribution in [3.63, 3.8) is 0 Å². The number of halogens is 1. The van der Waals surface area contributed by atoms with Gasteiger partial charge in [0.15, 0.2) is 6.10 Å². The van der Waals surface area contributed by atoms with Crippen LogP contribution in [0.3, 0.4) is 0 Å². The van der Waals surface area contributed by atoms with E-state index in [9.17, 15) is 14.0 Å². The third-order valence-corrected chi connectivity index (χ3v) is 4.56. The molecule has 0 aliphatic rings. The molecule has 0 aliphatic carbocycles. The lowest BCUT2D eigenvalue weighted by atomic mass is 10.1. The summed E-state index contributed by atoms with van der Waals surface area (Å²) in [6.07, 6.45) is -1.05. The maximum absolute atomic E-state index is 13.0. The molecule has 0 saturated carbocycles. The summed E-state index contributed by atoms with van der Waals surface area (Å²) in [5, 5.41) is 2.59. The molecule has 6 nitrogen and oxygen atoms in total. The molecule has 0 saturated heterocycles. The average molecular weight is 403 g/mol. The van der Waals surface area contributed by atoms with E-state index in [4.69, 9.17) is 4.74 Å². The van der Waals surface area contributed by atoms with Crippen molar-refractivity contribution in [2.24, 2.45) is 0 Å². The van der Waals surface area contributed by atoms with Gasteiger partial charge in [0.05, 0.1) is 16.6 Å². The number of nitrogens with zero attached hydrogens (tertiary/aromatic N) is 1. The summed E-state index contributed by atoms with van der Waals surface area (Å²) < 4.78 is 18.4. The average Bonchev–Trinajstić information content (AvgIpc) is 3.19. The third kappa shape index (κ3) is 4.05. The lowest BCUT2D eigenvalue weighted by Gasteiger charge is -2.14. The van der Waals surface area contributed by atoms with Crippen LogP contribution in [0.5, 0.6) is 0 Å². The summed E-state index contributed by atoms with van der Waals surface area (Å²) in [4.78, 5) is 32.8. The molecule has 1 unspecified atom stereocenters. The molecular formula is C23H18FN3O3. The fourth-order valence-corrected chi connectivity index (χ4v) is 3.00. The van der Waals surface area contributed by atoms with Gasteiger partial charge in [-0.2, -0.15) is 0 Å². The number of hydrogen-bond acceptors (Lipinski definition) is 4. The molecule has 0 bridgehead atoms. The summed E-state index contributed by atoms with van der Waals surface area (Å²) in [5.74, 6) is -1.04. The number of hydrogen-bond donors (Lipinski definition) is 2. The summed E-state index contributed by atoms with van der Waals surface area (Å²) in [6, 6.07) is 19.8. The fourth-order valence-electron chi connectivity index (χ4n) is 3.00. The number of esters is 1. The molecule has 0 spiro atoms. The molecule has 1 aromatic heterocycles. The summed E-state index contributed by atoms with van der Waals surface area (Å²) >= 11 is 0. The molecule has 30 heavy (non-hydrogen) atoms. The van der Waals surface area contributed by atoms with Gasteiger partial charge in [-0.25, -0.2) is 14.2 Å². The van der Waals surface area contributed by atoms with Crippen molar-refractivity contribution in [2.45, 2.75) is 13.0 Å². The van der Waals surface area contributed by atoms with E-state index in [-0.39, 0.29) is 5.56 Å². The molecular weight excluding hydrogens is 385 g/mol. The number of H-pyrrole nitrogens is 1. The van der Waals surface area contributed by atoms with Gasteiger partial charge in [-0.15, -0.1) is 0 Å². The topological polar surface area (TPSA) is 84.1 Å². The molecule has 3 aromatic carbocycles. The minimum absolute atomic E-state index is 0.290. The van der Waals surface area contributed by atoms with Gasteiger partial charge in [-0.3, -0.25) is 4.79 Å². The number of carbonyl (C=O) groups is 2. The normalized spacial score (nSPS) is 11.8. The Morgan fingerprint density at radius 3 is 2.47 bits per heavy atom. The van der Waals surface area contributed by atoms with Crippen molar-refractivity contribution >= 4 is 28.6 Å². The van der Waals surface area contributed by atoms with Gasteiger partial charge in [-0.05, 0) is 49.4 Å². The monoisotopic (exact) mass is 403 g/mol. The molecule has 1 amide bonds. The minimum Gasteiger partial charge on any atom is -0.449 e.